The van der Waals surface area contributed by atoms with Gasteiger partial charge in [-0.05, 0) is 18.1 Å². The van der Waals surface area contributed by atoms with Crippen LogP contribution in [0.2, 0.25) is 0 Å². The number of primary amides is 1. The Balaban J connectivity index is 1.87. The highest BCUT2D eigenvalue weighted by atomic mass is 16.6. The molecule has 8 nitrogen and oxygen atoms in total. The fraction of sp³-hybridized carbons (Fsp3) is 0.250. The molecular formula is C16H17N5O3. The number of nitrogens with one attached hydrogen (secondary N) is 1. The van der Waals surface area contributed by atoms with E-state index in [1.54, 1.807) is 0 Å². The summed E-state index contributed by atoms with van der Waals surface area (Å²) in [5, 5.41) is 14.0. The second kappa shape index (κ2) is 6.15. The van der Waals surface area contributed by atoms with Crippen LogP contribution in [0.15, 0.2) is 36.5 Å². The molecule has 1 aromatic heterocycles. The van der Waals surface area contributed by atoms with E-state index in [9.17, 15) is 14.9 Å². The fourth-order valence-corrected chi connectivity index (χ4v) is 2.96. The minimum atomic E-state index is -0.752. The highest BCUT2D eigenvalue weighted by molar-refractivity contribution is 5.98. The number of carbonyl (C=O) groups excluding carboxylic acids is 1. The van der Waals surface area contributed by atoms with E-state index in [0.717, 1.165) is 18.7 Å². The summed E-state index contributed by atoms with van der Waals surface area (Å²) in [6.45, 7) is 0.716. The average molecular weight is 327 g/mol. The molecule has 1 aliphatic heterocycles. The molecule has 3 N–H and O–H groups in total. The SMILES string of the molecule is CN1C[C@@H](Nc2ncc([N+](=O)[O-])cc2C(N)=O)Cc2ccccc21. The van der Waals surface area contributed by atoms with Gasteiger partial charge < -0.3 is 16.0 Å². The molecule has 0 aliphatic carbocycles. The van der Waals surface area contributed by atoms with E-state index >= 15 is 0 Å². The van der Waals surface area contributed by atoms with E-state index in [4.69, 9.17) is 5.73 Å². The third-order valence-electron chi connectivity index (χ3n) is 4.05. The zero-order chi connectivity index (χ0) is 17.3. The topological polar surface area (TPSA) is 114 Å². The first-order valence-corrected chi connectivity index (χ1v) is 7.45. The quantitative estimate of drug-likeness (QED) is 0.650. The maximum atomic E-state index is 11.6. The number of hydrogen-bond acceptors (Lipinski definition) is 6. The standard InChI is InChI=1S/C16H17N5O3/c1-20-9-11(6-10-4-2-3-5-14(10)20)19-16-13(15(17)22)7-12(8-18-16)21(23)24/h2-5,7-8,11H,6,9H2,1H3,(H2,17,22)(H,18,19)/t11-/m0/s1. The summed E-state index contributed by atoms with van der Waals surface area (Å²) in [4.78, 5) is 28.0. The van der Waals surface area contributed by atoms with Crippen molar-refractivity contribution in [3.63, 3.8) is 0 Å². The van der Waals surface area contributed by atoms with Crippen molar-refractivity contribution in [2.24, 2.45) is 5.73 Å². The molecule has 1 atom stereocenters. The molecule has 1 aromatic carbocycles. The van der Waals surface area contributed by atoms with Crippen LogP contribution in [0, 0.1) is 10.1 Å². The molecule has 0 unspecified atom stereocenters. The van der Waals surface area contributed by atoms with Crippen LogP contribution >= 0.6 is 0 Å². The Bertz CT molecular complexity index is 808. The van der Waals surface area contributed by atoms with Gasteiger partial charge in [-0.3, -0.25) is 14.9 Å². The first kappa shape index (κ1) is 15.7. The van der Waals surface area contributed by atoms with Crippen molar-refractivity contribution in [2.75, 3.05) is 23.8 Å². The van der Waals surface area contributed by atoms with Gasteiger partial charge in [0.15, 0.2) is 0 Å². The molecular weight excluding hydrogens is 310 g/mol. The molecule has 0 bridgehead atoms. The van der Waals surface area contributed by atoms with Crippen molar-refractivity contribution in [3.05, 3.63) is 57.8 Å². The third kappa shape index (κ3) is 2.98. The number of rotatable bonds is 4. The summed E-state index contributed by atoms with van der Waals surface area (Å²) in [6.07, 6.45) is 1.88. The van der Waals surface area contributed by atoms with Crippen molar-refractivity contribution in [1.29, 1.82) is 0 Å². The van der Waals surface area contributed by atoms with E-state index in [2.05, 4.69) is 27.3 Å². The molecule has 0 saturated carbocycles. The van der Waals surface area contributed by atoms with Crippen LogP contribution in [0.3, 0.4) is 0 Å². The maximum absolute atomic E-state index is 11.6. The van der Waals surface area contributed by atoms with E-state index in [-0.39, 0.29) is 23.1 Å². The van der Waals surface area contributed by atoms with Crippen LogP contribution in [-0.2, 0) is 6.42 Å². The molecule has 3 rings (SSSR count). The normalized spacial score (nSPS) is 16.4. The third-order valence-corrected chi connectivity index (χ3v) is 4.05. The Hall–Kier alpha value is -3.16. The molecule has 0 saturated heterocycles. The van der Waals surface area contributed by atoms with E-state index < -0.39 is 10.8 Å². The number of benzene rings is 1. The summed E-state index contributed by atoms with van der Waals surface area (Å²) >= 11 is 0. The van der Waals surface area contributed by atoms with Gasteiger partial charge in [-0.25, -0.2) is 4.98 Å². The number of pyridine rings is 1. The minimum absolute atomic E-state index is 0.0111. The number of nitrogens with zero attached hydrogens (tertiary/aromatic N) is 3. The zero-order valence-corrected chi connectivity index (χ0v) is 13.1. The highest BCUT2D eigenvalue weighted by Gasteiger charge is 2.24. The number of hydrogen-bond donors (Lipinski definition) is 2. The number of para-hydroxylation sites is 1. The maximum Gasteiger partial charge on any atom is 0.288 e. The number of anilines is 2. The molecule has 124 valence electrons. The van der Waals surface area contributed by atoms with Gasteiger partial charge >= 0.3 is 0 Å². The first-order valence-electron chi connectivity index (χ1n) is 7.45. The van der Waals surface area contributed by atoms with Crippen molar-refractivity contribution < 1.29 is 9.72 Å². The smallest absolute Gasteiger partial charge is 0.288 e. The molecule has 24 heavy (non-hydrogen) atoms. The van der Waals surface area contributed by atoms with Crippen molar-refractivity contribution in [2.45, 2.75) is 12.5 Å². The second-order valence-corrected chi connectivity index (χ2v) is 5.77. The van der Waals surface area contributed by atoms with Gasteiger partial charge in [-0.2, -0.15) is 0 Å². The average Bonchev–Trinajstić information content (AvgIpc) is 2.55. The van der Waals surface area contributed by atoms with Gasteiger partial charge in [-0.15, -0.1) is 0 Å². The highest BCUT2D eigenvalue weighted by Crippen LogP contribution is 2.27. The monoisotopic (exact) mass is 327 g/mol. The van der Waals surface area contributed by atoms with Crippen molar-refractivity contribution in [1.82, 2.24) is 4.98 Å². The molecule has 0 fully saturated rings. The van der Waals surface area contributed by atoms with Crippen molar-refractivity contribution in [3.8, 4) is 0 Å². The lowest BCUT2D eigenvalue weighted by Crippen LogP contribution is -2.41. The number of aromatic nitrogens is 1. The summed E-state index contributed by atoms with van der Waals surface area (Å²) in [7, 11) is 1.99. The Morgan fingerprint density at radius 2 is 2.21 bits per heavy atom. The summed E-state index contributed by atoms with van der Waals surface area (Å²) in [6, 6.07) is 9.25. The number of likely N-dealkylation sites (N-methyl/N-ethyl adjacent to an activating group) is 1. The molecule has 2 heterocycles. The lowest BCUT2D eigenvalue weighted by atomic mass is 9.98. The van der Waals surface area contributed by atoms with Crippen LogP contribution in [0.1, 0.15) is 15.9 Å². The summed E-state index contributed by atoms with van der Waals surface area (Å²) < 4.78 is 0. The Morgan fingerprint density at radius 3 is 2.92 bits per heavy atom. The Kier molecular flexibility index (Phi) is 4.03. The number of fused-ring (bicyclic) bond motifs is 1. The van der Waals surface area contributed by atoms with Gasteiger partial charge in [0.1, 0.15) is 12.0 Å². The second-order valence-electron chi connectivity index (χ2n) is 5.77. The van der Waals surface area contributed by atoms with Crippen LogP contribution in [0.25, 0.3) is 0 Å². The van der Waals surface area contributed by atoms with Crippen molar-refractivity contribution >= 4 is 23.1 Å². The Labute approximate surface area is 138 Å². The number of amides is 1. The molecule has 0 spiro atoms. The molecule has 8 heteroatoms. The summed E-state index contributed by atoms with van der Waals surface area (Å²) in [5.41, 5.74) is 7.45. The number of nitro groups is 1. The number of nitrogens with two attached hydrogens (primary N) is 1. The molecule has 2 aromatic rings. The lowest BCUT2D eigenvalue weighted by Gasteiger charge is -2.34. The predicted octanol–water partition coefficient (Wildman–Crippen LogP) is 1.56. The first-order chi connectivity index (χ1) is 11.5. The lowest BCUT2D eigenvalue weighted by molar-refractivity contribution is -0.385. The fourth-order valence-electron chi connectivity index (χ4n) is 2.96. The summed E-state index contributed by atoms with van der Waals surface area (Å²) in [5.74, 6) is -0.482. The number of carbonyl (C=O) groups is 1. The largest absolute Gasteiger partial charge is 0.372 e. The van der Waals surface area contributed by atoms with Gasteiger partial charge in [-0.1, -0.05) is 18.2 Å². The zero-order valence-electron chi connectivity index (χ0n) is 13.1. The van der Waals surface area contributed by atoms with E-state index in [1.807, 2.05) is 19.2 Å². The van der Waals surface area contributed by atoms with Crippen LogP contribution in [-0.4, -0.2) is 35.4 Å². The molecule has 1 aliphatic rings. The minimum Gasteiger partial charge on any atom is -0.372 e. The van der Waals surface area contributed by atoms with Gasteiger partial charge in [0.25, 0.3) is 11.6 Å². The van der Waals surface area contributed by atoms with Crippen LogP contribution in [0.5, 0.6) is 0 Å². The van der Waals surface area contributed by atoms with Gasteiger partial charge in [0.05, 0.1) is 10.5 Å². The van der Waals surface area contributed by atoms with Crippen LogP contribution in [0.4, 0.5) is 17.2 Å². The van der Waals surface area contributed by atoms with Crippen LogP contribution < -0.4 is 16.0 Å². The Morgan fingerprint density at radius 1 is 1.46 bits per heavy atom. The molecule has 0 radical (unpaired) electrons. The van der Waals surface area contributed by atoms with Gasteiger partial charge in [0.2, 0.25) is 0 Å². The van der Waals surface area contributed by atoms with E-state index in [1.165, 1.54) is 11.3 Å². The van der Waals surface area contributed by atoms with E-state index in [0.29, 0.717) is 6.54 Å². The van der Waals surface area contributed by atoms with Gasteiger partial charge in [0, 0.05) is 31.4 Å². The molecule has 1 amide bonds. The predicted molar refractivity (Wildman–Crippen MR) is 90.2 cm³/mol.